The van der Waals surface area contributed by atoms with Crippen LogP contribution in [0.4, 0.5) is 0 Å². The maximum Gasteiger partial charge on any atom is 0.263 e. The molecular weight excluding hydrogens is 340 g/mol. The summed E-state index contributed by atoms with van der Waals surface area (Å²) in [7, 11) is 0. The average molecular weight is 363 g/mol. The molecule has 0 unspecified atom stereocenters. The Labute approximate surface area is 151 Å². The number of rotatable bonds is 5. The van der Waals surface area contributed by atoms with Crippen LogP contribution in [0.15, 0.2) is 23.1 Å². The van der Waals surface area contributed by atoms with Crippen molar-refractivity contribution in [3.8, 4) is 0 Å². The molecule has 0 aromatic carbocycles. The number of amides is 1. The first-order chi connectivity index (χ1) is 11.9. The number of carbonyl (C=O) groups excluding carboxylic acids is 1. The largest absolute Gasteiger partial charge is 0.352 e. The minimum absolute atomic E-state index is 0.0923. The Kier molecular flexibility index (Phi) is 5.11. The number of aromatic nitrogens is 2. The first kappa shape index (κ1) is 17.9. The van der Waals surface area contributed by atoms with Crippen LogP contribution >= 0.6 is 11.6 Å². The van der Waals surface area contributed by atoms with Gasteiger partial charge in [0.2, 0.25) is 5.91 Å². The number of carbonyl (C=O) groups is 1. The molecule has 1 N–H and O–H groups in total. The summed E-state index contributed by atoms with van der Waals surface area (Å²) >= 11 is 6.35. The summed E-state index contributed by atoms with van der Waals surface area (Å²) in [4.78, 5) is 30.9. The van der Waals surface area contributed by atoms with Crippen molar-refractivity contribution in [2.24, 2.45) is 0 Å². The van der Waals surface area contributed by atoms with Crippen LogP contribution in [0.1, 0.15) is 37.8 Å². The molecule has 134 valence electrons. The summed E-state index contributed by atoms with van der Waals surface area (Å²) in [6, 6.07) is 4.07. The van der Waals surface area contributed by atoms with Crippen LogP contribution in [0.25, 0.3) is 5.65 Å². The normalized spacial score (nSPS) is 17.7. The molecule has 0 bridgehead atoms. The number of hydrogen-bond acceptors (Lipinski definition) is 4. The van der Waals surface area contributed by atoms with Crippen molar-refractivity contribution in [1.29, 1.82) is 0 Å². The van der Waals surface area contributed by atoms with Gasteiger partial charge in [0.25, 0.3) is 5.56 Å². The Morgan fingerprint density at radius 3 is 2.84 bits per heavy atom. The lowest BCUT2D eigenvalue weighted by molar-refractivity contribution is -0.119. The molecule has 1 atom stereocenters. The van der Waals surface area contributed by atoms with Gasteiger partial charge in [0.15, 0.2) is 0 Å². The van der Waals surface area contributed by atoms with Gasteiger partial charge in [-0.2, -0.15) is 0 Å². The van der Waals surface area contributed by atoms with Gasteiger partial charge < -0.3 is 5.32 Å². The Morgan fingerprint density at radius 2 is 2.20 bits per heavy atom. The quantitative estimate of drug-likeness (QED) is 0.827. The van der Waals surface area contributed by atoms with Crippen LogP contribution < -0.4 is 10.9 Å². The Balaban J connectivity index is 1.92. The van der Waals surface area contributed by atoms with Gasteiger partial charge in [0.05, 0.1) is 5.56 Å². The second-order valence-corrected chi connectivity index (χ2v) is 7.26. The minimum Gasteiger partial charge on any atom is -0.352 e. The number of hydrogen-bond donors (Lipinski definition) is 1. The molecule has 1 saturated heterocycles. The van der Waals surface area contributed by atoms with E-state index in [2.05, 4.69) is 29.0 Å². The van der Waals surface area contributed by atoms with E-state index in [1.165, 1.54) is 0 Å². The standard InChI is InChI=1S/C18H23ClN4O2/c1-11(2)22(9-13-6-7-15(24)20-13)10-14-16(19)21-17-12(3)5-4-8-23(17)18(14)25/h4-5,8,11,13H,6-7,9-10H2,1-3H3,(H,20,24)/t13-/m1/s1. The number of pyridine rings is 1. The summed E-state index contributed by atoms with van der Waals surface area (Å²) in [6.45, 7) is 7.14. The number of nitrogens with zero attached hydrogens (tertiary/aromatic N) is 3. The first-order valence-electron chi connectivity index (χ1n) is 8.56. The Hall–Kier alpha value is -1.92. The van der Waals surface area contributed by atoms with Crippen molar-refractivity contribution in [3.63, 3.8) is 0 Å². The average Bonchev–Trinajstić information content (AvgIpc) is 2.96. The highest BCUT2D eigenvalue weighted by Gasteiger charge is 2.25. The van der Waals surface area contributed by atoms with Gasteiger partial charge in [-0.3, -0.25) is 18.9 Å². The van der Waals surface area contributed by atoms with E-state index in [-0.39, 0.29) is 28.7 Å². The van der Waals surface area contributed by atoms with Crippen LogP contribution in [0.2, 0.25) is 5.15 Å². The number of fused-ring (bicyclic) bond motifs is 1. The molecule has 1 fully saturated rings. The summed E-state index contributed by atoms with van der Waals surface area (Å²) in [5.41, 5.74) is 1.84. The van der Waals surface area contributed by atoms with Gasteiger partial charge in [-0.15, -0.1) is 0 Å². The fourth-order valence-corrected chi connectivity index (χ4v) is 3.42. The van der Waals surface area contributed by atoms with Crippen molar-refractivity contribution >= 4 is 23.2 Å². The van der Waals surface area contributed by atoms with Crippen molar-refractivity contribution in [2.75, 3.05) is 6.54 Å². The smallest absolute Gasteiger partial charge is 0.263 e. The van der Waals surface area contributed by atoms with E-state index in [0.29, 0.717) is 30.7 Å². The lowest BCUT2D eigenvalue weighted by atomic mass is 10.1. The molecule has 0 saturated carbocycles. The monoisotopic (exact) mass is 362 g/mol. The van der Waals surface area contributed by atoms with Gasteiger partial charge in [0.1, 0.15) is 10.8 Å². The lowest BCUT2D eigenvalue weighted by Crippen LogP contribution is -2.42. The first-order valence-corrected chi connectivity index (χ1v) is 8.94. The highest BCUT2D eigenvalue weighted by Crippen LogP contribution is 2.18. The number of aryl methyl sites for hydroxylation is 1. The molecule has 1 aliphatic heterocycles. The van der Waals surface area contributed by atoms with E-state index in [1.54, 1.807) is 10.6 Å². The van der Waals surface area contributed by atoms with Crippen molar-refractivity contribution in [1.82, 2.24) is 19.6 Å². The van der Waals surface area contributed by atoms with Crippen LogP contribution in [0.5, 0.6) is 0 Å². The third-order valence-electron chi connectivity index (χ3n) is 4.72. The topological polar surface area (TPSA) is 66.7 Å². The van der Waals surface area contributed by atoms with Crippen molar-refractivity contribution in [2.45, 2.75) is 52.2 Å². The van der Waals surface area contributed by atoms with Gasteiger partial charge >= 0.3 is 0 Å². The highest BCUT2D eigenvalue weighted by molar-refractivity contribution is 6.30. The third kappa shape index (κ3) is 3.70. The lowest BCUT2D eigenvalue weighted by Gasteiger charge is -2.29. The molecule has 2 aromatic rings. The molecular formula is C18H23ClN4O2. The molecule has 7 heteroatoms. The maximum atomic E-state index is 12.9. The third-order valence-corrected chi connectivity index (χ3v) is 5.04. The maximum absolute atomic E-state index is 12.9. The SMILES string of the molecule is Cc1cccn2c(=O)c(CN(C[C@H]3CCC(=O)N3)C(C)C)c(Cl)nc12. The predicted octanol–water partition coefficient (Wildman–Crippen LogP) is 2.15. The van der Waals surface area contributed by atoms with E-state index in [4.69, 9.17) is 11.6 Å². The molecule has 0 aliphatic carbocycles. The predicted molar refractivity (Wildman–Crippen MR) is 97.9 cm³/mol. The van der Waals surface area contributed by atoms with E-state index >= 15 is 0 Å². The van der Waals surface area contributed by atoms with Crippen molar-refractivity contribution in [3.05, 3.63) is 45.0 Å². The zero-order valence-electron chi connectivity index (χ0n) is 14.8. The molecule has 25 heavy (non-hydrogen) atoms. The second-order valence-electron chi connectivity index (χ2n) is 6.90. The summed E-state index contributed by atoms with van der Waals surface area (Å²) in [6.07, 6.45) is 3.11. The zero-order chi connectivity index (χ0) is 18.1. The summed E-state index contributed by atoms with van der Waals surface area (Å²) in [5.74, 6) is 0.0923. The van der Waals surface area contributed by atoms with Crippen LogP contribution in [0, 0.1) is 6.92 Å². The molecule has 2 aromatic heterocycles. The number of nitrogens with one attached hydrogen (secondary N) is 1. The van der Waals surface area contributed by atoms with E-state index in [0.717, 1.165) is 12.0 Å². The fraction of sp³-hybridized carbons (Fsp3) is 0.500. The van der Waals surface area contributed by atoms with Crippen LogP contribution in [0.3, 0.4) is 0 Å². The Bertz CT molecular complexity index is 862. The van der Waals surface area contributed by atoms with Crippen LogP contribution in [-0.4, -0.2) is 38.8 Å². The van der Waals surface area contributed by atoms with Gasteiger partial charge in [-0.25, -0.2) is 4.98 Å². The fourth-order valence-electron chi connectivity index (χ4n) is 3.20. The second kappa shape index (κ2) is 7.14. The zero-order valence-corrected chi connectivity index (χ0v) is 15.5. The number of halogens is 1. The summed E-state index contributed by atoms with van der Waals surface area (Å²) in [5, 5.41) is 3.23. The molecule has 1 amide bonds. The molecule has 0 spiro atoms. The van der Waals surface area contributed by atoms with Gasteiger partial charge in [-0.1, -0.05) is 17.7 Å². The van der Waals surface area contributed by atoms with Gasteiger partial charge in [0, 0.05) is 37.8 Å². The molecule has 1 aliphatic rings. The van der Waals surface area contributed by atoms with E-state index in [1.807, 2.05) is 19.1 Å². The van der Waals surface area contributed by atoms with E-state index < -0.39 is 0 Å². The molecule has 3 heterocycles. The highest BCUT2D eigenvalue weighted by atomic mass is 35.5. The van der Waals surface area contributed by atoms with Gasteiger partial charge in [-0.05, 0) is 38.8 Å². The molecule has 3 rings (SSSR count). The minimum atomic E-state index is -0.139. The van der Waals surface area contributed by atoms with Crippen LogP contribution in [-0.2, 0) is 11.3 Å². The Morgan fingerprint density at radius 1 is 1.44 bits per heavy atom. The van der Waals surface area contributed by atoms with E-state index in [9.17, 15) is 9.59 Å². The molecule has 6 nitrogen and oxygen atoms in total. The summed E-state index contributed by atoms with van der Waals surface area (Å²) < 4.78 is 1.55. The molecule has 0 radical (unpaired) electrons. The van der Waals surface area contributed by atoms with Crippen molar-refractivity contribution < 1.29 is 4.79 Å².